The number of aliphatic hydroxyl groups excluding tert-OH is 1. The maximum Gasteiger partial charge on any atom is 0.281 e. The third-order valence-electron chi connectivity index (χ3n) is 6.93. The number of aromatic nitrogens is 2. The Morgan fingerprint density at radius 3 is 2.36 bits per heavy atom. The number of benzene rings is 3. The van der Waals surface area contributed by atoms with Gasteiger partial charge in [-0.1, -0.05) is 36.7 Å². The molecule has 0 radical (unpaired) electrons. The Labute approximate surface area is 246 Å². The predicted octanol–water partition coefficient (Wildman–Crippen LogP) is 5.76. The second-order valence-corrected chi connectivity index (χ2v) is 12.1. The molecule has 222 valence electrons. The fourth-order valence-corrected chi connectivity index (χ4v) is 5.78. The molecule has 8 nitrogen and oxygen atoms in total. The zero-order chi connectivity index (χ0) is 30.9. The average molecular weight is 620 g/mol. The van der Waals surface area contributed by atoms with Gasteiger partial charge in [0.05, 0.1) is 28.6 Å². The largest absolute Gasteiger partial charge is 0.403 e. The molecule has 0 spiro atoms. The van der Waals surface area contributed by atoms with Crippen LogP contribution in [0.5, 0.6) is 0 Å². The maximum atomic E-state index is 15.0. The Kier molecular flexibility index (Phi) is 9.02. The van der Waals surface area contributed by atoms with Gasteiger partial charge in [0.2, 0.25) is 0 Å². The maximum absolute atomic E-state index is 15.0. The van der Waals surface area contributed by atoms with E-state index in [4.69, 9.17) is 23.2 Å². The van der Waals surface area contributed by atoms with E-state index in [1.165, 1.54) is 28.0 Å². The van der Waals surface area contributed by atoms with Gasteiger partial charge >= 0.3 is 0 Å². The van der Waals surface area contributed by atoms with Crippen molar-refractivity contribution in [1.82, 2.24) is 9.55 Å². The van der Waals surface area contributed by atoms with Crippen LogP contribution in [0.4, 0.5) is 18.9 Å². The van der Waals surface area contributed by atoms with Crippen molar-refractivity contribution in [2.75, 3.05) is 11.3 Å². The molecule has 4 aromatic rings. The third-order valence-corrected chi connectivity index (χ3v) is 8.34. The third kappa shape index (κ3) is 6.16. The highest BCUT2D eigenvalue weighted by Crippen LogP contribution is 2.37. The molecule has 0 fully saturated rings. The molecule has 1 heterocycles. The van der Waals surface area contributed by atoms with Crippen molar-refractivity contribution in [2.45, 2.75) is 37.7 Å². The molecule has 0 bridgehead atoms. The number of halogens is 4. The number of sulfone groups is 1. The summed E-state index contributed by atoms with van der Waals surface area (Å²) in [6.07, 6.45) is 0.616. The molecular formula is C29H29ClF3N5O3S. The topological polar surface area (TPSA) is 127 Å². The number of nitrogens with two attached hydrogens (primary N) is 2. The van der Waals surface area contributed by atoms with Crippen LogP contribution >= 0.6 is 11.6 Å². The fourth-order valence-electron chi connectivity index (χ4n) is 4.70. The van der Waals surface area contributed by atoms with Gasteiger partial charge in [-0.05, 0) is 60.0 Å². The zero-order valence-corrected chi connectivity index (χ0v) is 24.5. The Hall–Kier alpha value is -3.84. The zero-order valence-electron chi connectivity index (χ0n) is 22.9. The second-order valence-electron chi connectivity index (χ2n) is 9.69. The molecule has 13 heteroatoms. The van der Waals surface area contributed by atoms with Crippen molar-refractivity contribution < 1.29 is 26.7 Å². The quantitative estimate of drug-likeness (QED) is 0.161. The molecule has 1 aromatic heterocycles. The summed E-state index contributed by atoms with van der Waals surface area (Å²) >= 11 is 6.05. The summed E-state index contributed by atoms with van der Waals surface area (Å²) in [6, 6.07) is 14.1. The van der Waals surface area contributed by atoms with E-state index < -0.39 is 34.4 Å². The number of rotatable bonds is 9. The van der Waals surface area contributed by atoms with Gasteiger partial charge in [-0.2, -0.15) is 0 Å². The van der Waals surface area contributed by atoms with Gasteiger partial charge in [-0.3, -0.25) is 5.01 Å². The van der Waals surface area contributed by atoms with Crippen LogP contribution < -0.4 is 16.6 Å². The Morgan fingerprint density at radius 1 is 1.14 bits per heavy atom. The Morgan fingerprint density at radius 2 is 1.81 bits per heavy atom. The lowest BCUT2D eigenvalue weighted by Crippen LogP contribution is -2.34. The number of hydrazine groups is 1. The fraction of sp³-hybridized carbons (Fsp3) is 0.207. The summed E-state index contributed by atoms with van der Waals surface area (Å²) in [5.41, 5.74) is 7.71. The summed E-state index contributed by atoms with van der Waals surface area (Å²) in [7, 11) is -3.90. The van der Waals surface area contributed by atoms with Crippen molar-refractivity contribution in [1.29, 1.82) is 0 Å². The van der Waals surface area contributed by atoms with E-state index in [0.29, 0.717) is 22.0 Å². The van der Waals surface area contributed by atoms with E-state index in [1.807, 2.05) is 19.1 Å². The van der Waals surface area contributed by atoms with Crippen molar-refractivity contribution >= 4 is 27.1 Å². The predicted molar refractivity (Wildman–Crippen MR) is 156 cm³/mol. The van der Waals surface area contributed by atoms with Gasteiger partial charge in [0, 0.05) is 35.2 Å². The molecule has 3 aromatic carbocycles. The minimum atomic E-state index is -3.90. The lowest BCUT2D eigenvalue weighted by atomic mass is 9.96. The number of hydrogen-bond donors (Lipinski definition) is 3. The van der Waals surface area contributed by atoms with Gasteiger partial charge in [0.1, 0.15) is 17.3 Å². The van der Waals surface area contributed by atoms with Crippen molar-refractivity contribution in [3.8, 4) is 16.8 Å². The van der Waals surface area contributed by atoms with E-state index in [-0.39, 0.29) is 33.5 Å². The molecule has 0 amide bonds. The summed E-state index contributed by atoms with van der Waals surface area (Å²) < 4.78 is 68.3. The number of nitrogens with zero attached hydrogens (tertiary/aromatic N) is 3. The number of aryl methyl sites for hydroxylation is 1. The van der Waals surface area contributed by atoms with Crippen LogP contribution in [0.2, 0.25) is 5.02 Å². The van der Waals surface area contributed by atoms with Gasteiger partial charge < -0.3 is 15.4 Å². The highest BCUT2D eigenvalue weighted by Gasteiger charge is 2.24. The lowest BCUT2D eigenvalue weighted by Gasteiger charge is -2.29. The van der Waals surface area contributed by atoms with Crippen LogP contribution in [0.3, 0.4) is 0 Å². The van der Waals surface area contributed by atoms with Crippen LogP contribution in [0.1, 0.15) is 41.9 Å². The standard InChI is InChI=1S/C29H29ClF3N5O3S/c1-16(18-4-7-21(30)8-5-18)27(13-34)38(35)26-11-19(6-9-25(26)37-14-24(29(32)33)36-17(37)2)20-10-23(31)22(15-39)28(12-20)42(3,40)41/h4-14,16,29,39H,15,34-35H2,1-3H3/b27-13-. The lowest BCUT2D eigenvalue weighted by molar-refractivity contribution is 0.146. The molecule has 4 rings (SSSR count). The van der Waals surface area contributed by atoms with Crippen LogP contribution in [0, 0.1) is 12.7 Å². The molecular weight excluding hydrogens is 591 g/mol. The molecule has 0 aliphatic carbocycles. The van der Waals surface area contributed by atoms with E-state index >= 15 is 0 Å². The number of allylic oxidation sites excluding steroid dienone is 1. The molecule has 5 N–H and O–H groups in total. The Balaban J connectivity index is 1.94. The summed E-state index contributed by atoms with van der Waals surface area (Å²) in [4.78, 5) is 3.59. The molecule has 1 atom stereocenters. The number of hydrogen-bond acceptors (Lipinski definition) is 7. The normalized spacial score (nSPS) is 13.0. The first-order chi connectivity index (χ1) is 19.8. The molecule has 0 aliphatic rings. The number of imidazole rings is 1. The van der Waals surface area contributed by atoms with Crippen LogP contribution in [0.25, 0.3) is 16.8 Å². The van der Waals surface area contributed by atoms with Gasteiger partial charge in [0.15, 0.2) is 9.84 Å². The molecule has 0 saturated carbocycles. The molecule has 0 saturated heterocycles. The minimum absolute atomic E-state index is 0.186. The Bertz CT molecular complexity index is 1760. The molecule has 42 heavy (non-hydrogen) atoms. The van der Waals surface area contributed by atoms with Gasteiger partial charge in [-0.15, -0.1) is 0 Å². The van der Waals surface area contributed by atoms with Crippen LogP contribution in [-0.4, -0.2) is 29.3 Å². The number of anilines is 1. The van der Waals surface area contributed by atoms with E-state index in [0.717, 1.165) is 17.9 Å². The van der Waals surface area contributed by atoms with Gasteiger partial charge in [-0.25, -0.2) is 32.4 Å². The smallest absolute Gasteiger partial charge is 0.281 e. The van der Waals surface area contributed by atoms with Crippen molar-refractivity contribution in [3.05, 3.63) is 106 Å². The van der Waals surface area contributed by atoms with E-state index in [2.05, 4.69) is 4.98 Å². The summed E-state index contributed by atoms with van der Waals surface area (Å²) in [5, 5.41) is 11.4. The highest BCUT2D eigenvalue weighted by atomic mass is 35.5. The van der Waals surface area contributed by atoms with Gasteiger partial charge in [0.25, 0.3) is 6.43 Å². The minimum Gasteiger partial charge on any atom is -0.403 e. The van der Waals surface area contributed by atoms with Crippen LogP contribution in [-0.2, 0) is 16.4 Å². The molecule has 0 aliphatic heterocycles. The SMILES string of the molecule is Cc1nc(C(F)F)cn1-c1ccc(-c2cc(F)c(CO)c(S(C)(=O)=O)c2)cc1N(N)/C(=C\N)C(C)c1ccc(Cl)cc1. The van der Waals surface area contributed by atoms with E-state index in [1.54, 1.807) is 37.3 Å². The second kappa shape index (κ2) is 12.2. The first-order valence-electron chi connectivity index (χ1n) is 12.6. The summed E-state index contributed by atoms with van der Waals surface area (Å²) in [5.74, 6) is 5.67. The van der Waals surface area contributed by atoms with Crippen LogP contribution in [0.15, 0.2) is 77.6 Å². The summed E-state index contributed by atoms with van der Waals surface area (Å²) in [6.45, 7) is 2.61. The van der Waals surface area contributed by atoms with E-state index in [9.17, 15) is 26.7 Å². The first kappa shape index (κ1) is 31.1. The van der Waals surface area contributed by atoms with Crippen molar-refractivity contribution in [2.24, 2.45) is 11.6 Å². The highest BCUT2D eigenvalue weighted by molar-refractivity contribution is 7.90. The monoisotopic (exact) mass is 619 g/mol. The number of alkyl halides is 2. The first-order valence-corrected chi connectivity index (χ1v) is 14.9. The average Bonchev–Trinajstić information content (AvgIpc) is 3.34. The van der Waals surface area contributed by atoms with Crippen molar-refractivity contribution in [3.63, 3.8) is 0 Å². The number of aliphatic hydroxyl groups is 1. The molecule has 1 unspecified atom stereocenters.